The Bertz CT molecular complexity index is 511. The van der Waals surface area contributed by atoms with E-state index in [-0.39, 0.29) is 6.61 Å². The summed E-state index contributed by atoms with van der Waals surface area (Å²) in [4.78, 5) is 4.89. The van der Waals surface area contributed by atoms with E-state index >= 15 is 0 Å². The van der Waals surface area contributed by atoms with Gasteiger partial charge in [0.2, 0.25) is 0 Å². The Hall–Kier alpha value is -1.68. The standard InChI is InChI=1S/C19H24N2O/c22-16-15-20-11-13-21(14-12-20)19(17-7-3-1-4-8-17)18-9-5-2-6-10-18/h1-10,19,22H,11-16H2. The van der Waals surface area contributed by atoms with Crippen LogP contribution in [0.3, 0.4) is 0 Å². The Morgan fingerprint density at radius 2 is 1.27 bits per heavy atom. The molecule has 0 aromatic heterocycles. The average molecular weight is 296 g/mol. The van der Waals surface area contributed by atoms with Crippen LogP contribution in [0.4, 0.5) is 0 Å². The highest BCUT2D eigenvalue weighted by atomic mass is 16.3. The van der Waals surface area contributed by atoms with Crippen LogP contribution < -0.4 is 0 Å². The summed E-state index contributed by atoms with van der Waals surface area (Å²) in [5, 5.41) is 9.09. The van der Waals surface area contributed by atoms with Gasteiger partial charge in [-0.1, -0.05) is 60.7 Å². The molecule has 2 aromatic rings. The molecule has 3 rings (SSSR count). The molecule has 0 spiro atoms. The summed E-state index contributed by atoms with van der Waals surface area (Å²) in [5.41, 5.74) is 2.70. The quantitative estimate of drug-likeness (QED) is 0.918. The zero-order valence-electron chi connectivity index (χ0n) is 12.9. The Morgan fingerprint density at radius 1 is 0.773 bits per heavy atom. The SMILES string of the molecule is OCCN1CCN(C(c2ccccc2)c2ccccc2)CC1. The van der Waals surface area contributed by atoms with E-state index in [9.17, 15) is 0 Å². The Balaban J connectivity index is 1.81. The molecule has 0 saturated carbocycles. The minimum Gasteiger partial charge on any atom is -0.395 e. The van der Waals surface area contributed by atoms with E-state index in [0.717, 1.165) is 32.7 Å². The van der Waals surface area contributed by atoms with E-state index < -0.39 is 0 Å². The molecule has 0 atom stereocenters. The number of benzene rings is 2. The maximum Gasteiger partial charge on any atom is 0.0602 e. The van der Waals surface area contributed by atoms with Crippen LogP contribution in [0.2, 0.25) is 0 Å². The largest absolute Gasteiger partial charge is 0.395 e. The van der Waals surface area contributed by atoms with Gasteiger partial charge in [-0.25, -0.2) is 0 Å². The number of hydrogen-bond donors (Lipinski definition) is 1. The summed E-state index contributed by atoms with van der Waals surface area (Å²) in [7, 11) is 0. The number of rotatable bonds is 5. The Morgan fingerprint density at radius 3 is 1.73 bits per heavy atom. The fourth-order valence-corrected chi connectivity index (χ4v) is 3.27. The summed E-state index contributed by atoms with van der Waals surface area (Å²) in [6, 6.07) is 21.8. The van der Waals surface area contributed by atoms with Gasteiger partial charge in [0.25, 0.3) is 0 Å². The number of piperazine rings is 1. The normalized spacial score (nSPS) is 17.0. The van der Waals surface area contributed by atoms with Crippen molar-refractivity contribution in [3.63, 3.8) is 0 Å². The van der Waals surface area contributed by atoms with E-state index in [1.165, 1.54) is 11.1 Å². The lowest BCUT2D eigenvalue weighted by Crippen LogP contribution is -2.48. The molecule has 2 aromatic carbocycles. The first-order valence-corrected chi connectivity index (χ1v) is 8.05. The first-order valence-electron chi connectivity index (χ1n) is 8.05. The smallest absolute Gasteiger partial charge is 0.0602 e. The molecule has 3 nitrogen and oxygen atoms in total. The second kappa shape index (κ2) is 7.54. The lowest BCUT2D eigenvalue weighted by molar-refractivity contribution is 0.0945. The summed E-state index contributed by atoms with van der Waals surface area (Å²) in [5.74, 6) is 0. The number of hydrogen-bond acceptors (Lipinski definition) is 3. The van der Waals surface area contributed by atoms with Gasteiger partial charge in [-0.05, 0) is 11.1 Å². The number of nitrogens with zero attached hydrogens (tertiary/aromatic N) is 2. The molecule has 0 bridgehead atoms. The highest BCUT2D eigenvalue weighted by molar-refractivity contribution is 5.31. The summed E-state index contributed by atoms with van der Waals surface area (Å²) < 4.78 is 0. The fraction of sp³-hybridized carbons (Fsp3) is 0.368. The topological polar surface area (TPSA) is 26.7 Å². The zero-order valence-corrected chi connectivity index (χ0v) is 12.9. The Kier molecular flexibility index (Phi) is 5.22. The number of aliphatic hydroxyl groups excluding tert-OH is 1. The number of β-amino-alcohol motifs (C(OH)–C–C–N with tert-alkyl or cyclic N) is 1. The predicted molar refractivity (Wildman–Crippen MR) is 89.8 cm³/mol. The van der Waals surface area contributed by atoms with Gasteiger partial charge in [0, 0.05) is 32.7 Å². The molecule has 0 amide bonds. The van der Waals surface area contributed by atoms with Crippen LogP contribution in [0, 0.1) is 0 Å². The number of aliphatic hydroxyl groups is 1. The third-order valence-corrected chi connectivity index (χ3v) is 4.42. The highest BCUT2D eigenvalue weighted by Crippen LogP contribution is 2.29. The molecule has 0 unspecified atom stereocenters. The van der Waals surface area contributed by atoms with Gasteiger partial charge >= 0.3 is 0 Å². The highest BCUT2D eigenvalue weighted by Gasteiger charge is 2.25. The average Bonchev–Trinajstić information content (AvgIpc) is 2.59. The van der Waals surface area contributed by atoms with Gasteiger partial charge in [0.1, 0.15) is 0 Å². The van der Waals surface area contributed by atoms with Crippen molar-refractivity contribution >= 4 is 0 Å². The van der Waals surface area contributed by atoms with Crippen LogP contribution in [-0.4, -0.2) is 54.2 Å². The van der Waals surface area contributed by atoms with Crippen LogP contribution in [0.25, 0.3) is 0 Å². The molecule has 3 heteroatoms. The van der Waals surface area contributed by atoms with Crippen molar-refractivity contribution in [3.8, 4) is 0 Å². The predicted octanol–water partition coefficient (Wildman–Crippen LogP) is 2.39. The summed E-state index contributed by atoms with van der Waals surface area (Å²) in [6.07, 6.45) is 0. The van der Waals surface area contributed by atoms with Crippen LogP contribution in [-0.2, 0) is 0 Å². The minimum atomic E-state index is 0.251. The molecule has 1 aliphatic rings. The van der Waals surface area contributed by atoms with Crippen LogP contribution in [0.15, 0.2) is 60.7 Å². The van der Waals surface area contributed by atoms with E-state index in [4.69, 9.17) is 5.11 Å². The van der Waals surface area contributed by atoms with Crippen molar-refractivity contribution in [1.29, 1.82) is 0 Å². The molecular formula is C19H24N2O. The van der Waals surface area contributed by atoms with E-state index in [1.807, 2.05) is 0 Å². The van der Waals surface area contributed by atoms with Gasteiger partial charge in [-0.2, -0.15) is 0 Å². The van der Waals surface area contributed by atoms with Crippen molar-refractivity contribution in [2.24, 2.45) is 0 Å². The van der Waals surface area contributed by atoms with Gasteiger partial charge in [-0.3, -0.25) is 9.80 Å². The first-order chi connectivity index (χ1) is 10.9. The third kappa shape index (κ3) is 3.55. The summed E-state index contributed by atoms with van der Waals surface area (Å²) in [6.45, 7) is 5.16. The third-order valence-electron chi connectivity index (χ3n) is 4.42. The lowest BCUT2D eigenvalue weighted by atomic mass is 9.96. The molecule has 1 N–H and O–H groups in total. The van der Waals surface area contributed by atoms with Crippen LogP contribution >= 0.6 is 0 Å². The summed E-state index contributed by atoms with van der Waals surface area (Å²) >= 11 is 0. The van der Waals surface area contributed by atoms with Crippen molar-refractivity contribution in [2.75, 3.05) is 39.3 Å². The monoisotopic (exact) mass is 296 g/mol. The van der Waals surface area contributed by atoms with Crippen LogP contribution in [0.1, 0.15) is 17.2 Å². The maximum absolute atomic E-state index is 9.09. The first kappa shape index (κ1) is 15.2. The second-order valence-electron chi connectivity index (χ2n) is 5.83. The zero-order chi connectivity index (χ0) is 15.2. The molecule has 116 valence electrons. The molecule has 1 fully saturated rings. The second-order valence-corrected chi connectivity index (χ2v) is 5.83. The van der Waals surface area contributed by atoms with E-state index in [1.54, 1.807) is 0 Å². The van der Waals surface area contributed by atoms with Gasteiger partial charge < -0.3 is 5.11 Å². The fourth-order valence-electron chi connectivity index (χ4n) is 3.27. The molecule has 0 aliphatic carbocycles. The molecule has 1 heterocycles. The van der Waals surface area contributed by atoms with Gasteiger partial charge in [0.15, 0.2) is 0 Å². The Labute approximate surface area is 132 Å². The van der Waals surface area contributed by atoms with Crippen molar-refractivity contribution in [1.82, 2.24) is 9.80 Å². The molecule has 1 saturated heterocycles. The van der Waals surface area contributed by atoms with Gasteiger partial charge in [-0.15, -0.1) is 0 Å². The minimum absolute atomic E-state index is 0.251. The molecule has 0 radical (unpaired) electrons. The molecule has 22 heavy (non-hydrogen) atoms. The van der Waals surface area contributed by atoms with Crippen molar-refractivity contribution in [3.05, 3.63) is 71.8 Å². The van der Waals surface area contributed by atoms with E-state index in [0.29, 0.717) is 6.04 Å². The molecule has 1 aliphatic heterocycles. The molecular weight excluding hydrogens is 272 g/mol. The van der Waals surface area contributed by atoms with Crippen molar-refractivity contribution < 1.29 is 5.11 Å². The van der Waals surface area contributed by atoms with Crippen molar-refractivity contribution in [2.45, 2.75) is 6.04 Å². The van der Waals surface area contributed by atoms with Crippen LogP contribution in [0.5, 0.6) is 0 Å². The van der Waals surface area contributed by atoms with E-state index in [2.05, 4.69) is 70.5 Å². The lowest BCUT2D eigenvalue weighted by Gasteiger charge is -2.39. The van der Waals surface area contributed by atoms with Gasteiger partial charge in [0.05, 0.1) is 12.6 Å². The maximum atomic E-state index is 9.09.